The van der Waals surface area contributed by atoms with Crippen LogP contribution >= 0.6 is 0 Å². The number of rotatable bonds is 5. The van der Waals surface area contributed by atoms with Crippen LogP contribution in [0.3, 0.4) is 0 Å². The van der Waals surface area contributed by atoms with Gasteiger partial charge in [0, 0.05) is 18.8 Å². The lowest BCUT2D eigenvalue weighted by Crippen LogP contribution is -2.14. The fourth-order valence-corrected chi connectivity index (χ4v) is 3.01. The lowest BCUT2D eigenvalue weighted by Gasteiger charge is -2.10. The molecule has 0 fully saturated rings. The molecule has 2 aromatic rings. The maximum atomic E-state index is 12.5. The number of sulfonamides is 1. The molecule has 9 heteroatoms. The van der Waals surface area contributed by atoms with Crippen molar-refractivity contribution in [1.82, 2.24) is 5.32 Å². The summed E-state index contributed by atoms with van der Waals surface area (Å²) in [7, 11) is -2.47. The fourth-order valence-electron chi connectivity index (χ4n) is 1.95. The van der Waals surface area contributed by atoms with Crippen LogP contribution in [0.1, 0.15) is 11.1 Å². The highest BCUT2D eigenvalue weighted by atomic mass is 32.2. The zero-order chi connectivity index (χ0) is 19.4. The Morgan fingerprint density at radius 3 is 2.08 bits per heavy atom. The summed E-state index contributed by atoms with van der Waals surface area (Å²) in [5.41, 5.74) is -0.239. The van der Waals surface area contributed by atoms with Gasteiger partial charge in [-0.2, -0.15) is 13.2 Å². The number of anilines is 1. The summed E-state index contributed by atoms with van der Waals surface area (Å²) in [5.74, 6) is -0.300. The molecule has 138 valence electrons. The van der Waals surface area contributed by atoms with E-state index in [9.17, 15) is 26.4 Å². The maximum absolute atomic E-state index is 12.5. The van der Waals surface area contributed by atoms with E-state index in [1.807, 2.05) is 0 Å². The Labute approximate surface area is 148 Å². The minimum atomic E-state index is -4.49. The van der Waals surface area contributed by atoms with E-state index in [0.29, 0.717) is 5.56 Å². The maximum Gasteiger partial charge on any atom is 0.416 e. The molecule has 0 aliphatic rings. The molecule has 0 heterocycles. The standard InChI is InChI=1S/C17H15F3N2O3S/c1-21-16(23)11-4-12-2-9-15(10-3-12)26(24,25)22-14-7-5-13(6-8-14)17(18,19)20/h2-11,22H,1H3,(H,21,23)/b11-4+. The van der Waals surface area contributed by atoms with E-state index >= 15 is 0 Å². The Morgan fingerprint density at radius 1 is 1.00 bits per heavy atom. The van der Waals surface area contributed by atoms with Crippen molar-refractivity contribution in [3.63, 3.8) is 0 Å². The number of nitrogens with one attached hydrogen (secondary N) is 2. The summed E-state index contributed by atoms with van der Waals surface area (Å²) in [6.07, 6.45) is -1.68. The van der Waals surface area contributed by atoms with Gasteiger partial charge in [-0.15, -0.1) is 0 Å². The summed E-state index contributed by atoms with van der Waals surface area (Å²) in [4.78, 5) is 11.1. The second-order valence-electron chi connectivity index (χ2n) is 5.20. The van der Waals surface area contributed by atoms with Gasteiger partial charge < -0.3 is 5.32 Å². The molecule has 0 aliphatic carbocycles. The van der Waals surface area contributed by atoms with Crippen molar-refractivity contribution in [2.24, 2.45) is 0 Å². The summed E-state index contributed by atoms with van der Waals surface area (Å²) < 4.78 is 64.4. The molecule has 26 heavy (non-hydrogen) atoms. The average Bonchev–Trinajstić information content (AvgIpc) is 2.59. The normalized spacial score (nSPS) is 12.2. The lowest BCUT2D eigenvalue weighted by atomic mass is 10.2. The molecule has 2 N–H and O–H groups in total. The number of hydrogen-bond acceptors (Lipinski definition) is 3. The minimum absolute atomic E-state index is 0.0154. The molecule has 0 saturated heterocycles. The first-order valence-corrected chi connectivity index (χ1v) is 8.80. The largest absolute Gasteiger partial charge is 0.416 e. The first-order chi connectivity index (χ1) is 12.1. The third-order valence-corrected chi connectivity index (χ3v) is 4.73. The van der Waals surface area contributed by atoms with Crippen molar-refractivity contribution in [2.75, 3.05) is 11.8 Å². The van der Waals surface area contributed by atoms with Gasteiger partial charge in [-0.05, 0) is 48.0 Å². The topological polar surface area (TPSA) is 75.3 Å². The number of benzene rings is 2. The van der Waals surface area contributed by atoms with Gasteiger partial charge in [0.25, 0.3) is 10.0 Å². The van der Waals surface area contributed by atoms with Crippen LogP contribution in [0.25, 0.3) is 6.08 Å². The summed E-state index contributed by atoms with van der Waals surface area (Å²) in [6.45, 7) is 0. The predicted molar refractivity (Wildman–Crippen MR) is 91.8 cm³/mol. The second kappa shape index (κ2) is 7.61. The first kappa shape index (κ1) is 19.5. The molecule has 2 aromatic carbocycles. The SMILES string of the molecule is CNC(=O)/C=C/c1ccc(S(=O)(=O)Nc2ccc(C(F)(F)F)cc2)cc1. The Morgan fingerprint density at radius 2 is 1.58 bits per heavy atom. The molecular weight excluding hydrogens is 369 g/mol. The molecule has 2 rings (SSSR count). The van der Waals surface area contributed by atoms with E-state index in [-0.39, 0.29) is 16.5 Å². The third kappa shape index (κ3) is 5.09. The van der Waals surface area contributed by atoms with Crippen LogP contribution in [0.4, 0.5) is 18.9 Å². The van der Waals surface area contributed by atoms with Crippen LogP contribution in [0.15, 0.2) is 59.5 Å². The molecule has 0 spiro atoms. The first-order valence-electron chi connectivity index (χ1n) is 7.32. The van der Waals surface area contributed by atoms with Gasteiger partial charge in [-0.1, -0.05) is 12.1 Å². The van der Waals surface area contributed by atoms with Crippen LogP contribution in [0, 0.1) is 0 Å². The molecule has 0 aromatic heterocycles. The highest BCUT2D eigenvalue weighted by Gasteiger charge is 2.30. The number of carbonyl (C=O) groups is 1. The zero-order valence-corrected chi connectivity index (χ0v) is 14.4. The van der Waals surface area contributed by atoms with E-state index in [1.165, 1.54) is 43.5 Å². The Bertz CT molecular complexity index is 904. The van der Waals surface area contributed by atoms with E-state index < -0.39 is 21.8 Å². The van der Waals surface area contributed by atoms with Crippen molar-refractivity contribution in [2.45, 2.75) is 11.1 Å². The van der Waals surface area contributed by atoms with Crippen molar-refractivity contribution in [3.05, 3.63) is 65.7 Å². The second-order valence-corrected chi connectivity index (χ2v) is 6.88. The number of likely N-dealkylation sites (N-methyl/N-ethyl adjacent to an activating group) is 1. The Hall–Kier alpha value is -2.81. The van der Waals surface area contributed by atoms with Gasteiger partial charge in [-0.3, -0.25) is 9.52 Å². The summed E-state index contributed by atoms with van der Waals surface area (Å²) >= 11 is 0. The summed E-state index contributed by atoms with van der Waals surface area (Å²) in [5, 5.41) is 2.41. The number of amides is 1. The highest BCUT2D eigenvalue weighted by Crippen LogP contribution is 2.30. The molecule has 0 radical (unpaired) electrons. The average molecular weight is 384 g/mol. The lowest BCUT2D eigenvalue weighted by molar-refractivity contribution is -0.137. The van der Waals surface area contributed by atoms with Gasteiger partial charge in [-0.25, -0.2) is 8.42 Å². The van der Waals surface area contributed by atoms with E-state index in [1.54, 1.807) is 0 Å². The van der Waals surface area contributed by atoms with E-state index in [4.69, 9.17) is 0 Å². The highest BCUT2D eigenvalue weighted by molar-refractivity contribution is 7.92. The molecular formula is C17H15F3N2O3S. The zero-order valence-electron chi connectivity index (χ0n) is 13.5. The van der Waals surface area contributed by atoms with Crippen molar-refractivity contribution in [3.8, 4) is 0 Å². The predicted octanol–water partition coefficient (Wildman–Crippen LogP) is 3.27. The van der Waals surface area contributed by atoms with E-state index in [0.717, 1.165) is 24.3 Å². The van der Waals surface area contributed by atoms with Crippen molar-refractivity contribution in [1.29, 1.82) is 0 Å². The van der Waals surface area contributed by atoms with E-state index in [2.05, 4.69) is 10.0 Å². The third-order valence-electron chi connectivity index (χ3n) is 3.33. The molecule has 0 bridgehead atoms. The van der Waals surface area contributed by atoms with Crippen molar-refractivity contribution < 1.29 is 26.4 Å². The Balaban J connectivity index is 2.15. The van der Waals surface area contributed by atoms with Crippen molar-refractivity contribution >= 4 is 27.7 Å². The van der Waals surface area contributed by atoms with Crippen LogP contribution in [0.5, 0.6) is 0 Å². The van der Waals surface area contributed by atoms with Gasteiger partial charge >= 0.3 is 6.18 Å². The smallest absolute Gasteiger partial charge is 0.356 e. The fraction of sp³-hybridized carbons (Fsp3) is 0.118. The minimum Gasteiger partial charge on any atom is -0.356 e. The van der Waals surface area contributed by atoms with Gasteiger partial charge in [0.05, 0.1) is 10.5 Å². The molecule has 5 nitrogen and oxygen atoms in total. The Kier molecular flexibility index (Phi) is 5.71. The van der Waals surface area contributed by atoms with Crippen LogP contribution in [-0.2, 0) is 21.0 Å². The van der Waals surface area contributed by atoms with Gasteiger partial charge in [0.15, 0.2) is 0 Å². The molecule has 0 atom stereocenters. The number of alkyl halides is 3. The quantitative estimate of drug-likeness (QED) is 0.777. The van der Waals surface area contributed by atoms with Crippen LogP contribution in [-0.4, -0.2) is 21.4 Å². The molecule has 0 aliphatic heterocycles. The number of halogens is 3. The monoisotopic (exact) mass is 384 g/mol. The van der Waals surface area contributed by atoms with Crippen LogP contribution in [0.2, 0.25) is 0 Å². The molecule has 1 amide bonds. The summed E-state index contributed by atoms with van der Waals surface area (Å²) in [6, 6.07) is 9.34. The van der Waals surface area contributed by atoms with Crippen LogP contribution < -0.4 is 10.0 Å². The number of hydrogen-bond donors (Lipinski definition) is 2. The number of carbonyl (C=O) groups excluding carboxylic acids is 1. The van der Waals surface area contributed by atoms with Gasteiger partial charge in [0.2, 0.25) is 5.91 Å². The molecule has 0 saturated carbocycles. The van der Waals surface area contributed by atoms with Gasteiger partial charge in [0.1, 0.15) is 0 Å². The molecule has 0 unspecified atom stereocenters.